The van der Waals surface area contributed by atoms with Crippen molar-refractivity contribution in [2.75, 3.05) is 11.9 Å². The van der Waals surface area contributed by atoms with E-state index in [1.54, 1.807) is 0 Å². The van der Waals surface area contributed by atoms with Crippen molar-refractivity contribution in [1.82, 2.24) is 9.47 Å². The lowest BCUT2D eigenvalue weighted by Crippen LogP contribution is -2.37. The molecule has 7 heteroatoms. The zero-order valence-corrected chi connectivity index (χ0v) is 19.9. The second-order valence-electron chi connectivity index (χ2n) is 8.55. The molecule has 0 saturated heterocycles. The number of anilines is 1. The Balaban J connectivity index is 1.52. The van der Waals surface area contributed by atoms with Gasteiger partial charge in [0.2, 0.25) is 0 Å². The van der Waals surface area contributed by atoms with Gasteiger partial charge in [0.1, 0.15) is 5.00 Å². The monoisotopic (exact) mass is 463 g/mol. The van der Waals surface area contributed by atoms with E-state index in [4.69, 9.17) is 4.74 Å². The number of aryl methyl sites for hydroxylation is 1. The topological polar surface area (TPSA) is 63.6 Å². The molecule has 0 saturated carbocycles. The number of carbonyl (C=O) groups is 2. The molecule has 0 spiro atoms. The van der Waals surface area contributed by atoms with Crippen molar-refractivity contribution in [2.24, 2.45) is 0 Å². The Labute approximate surface area is 198 Å². The van der Waals surface area contributed by atoms with Crippen LogP contribution in [0.2, 0.25) is 0 Å². The molecule has 3 heterocycles. The number of nitrogens with zero attached hydrogens (tertiary/aromatic N) is 2. The molecular formula is C26H29N3O3S. The van der Waals surface area contributed by atoms with Gasteiger partial charge in [-0.15, -0.1) is 11.3 Å². The van der Waals surface area contributed by atoms with Gasteiger partial charge in [-0.25, -0.2) is 9.59 Å². The first-order valence-electron chi connectivity index (χ1n) is 11.8. The number of hydrogen-bond acceptors (Lipinski definition) is 4. The van der Waals surface area contributed by atoms with E-state index in [9.17, 15) is 9.59 Å². The molecule has 0 fully saturated rings. The van der Waals surface area contributed by atoms with Crippen LogP contribution in [-0.2, 0) is 24.1 Å². The van der Waals surface area contributed by atoms with Gasteiger partial charge >= 0.3 is 12.0 Å². The minimum atomic E-state index is -0.339. The zero-order valence-electron chi connectivity index (χ0n) is 19.1. The Bertz CT molecular complexity index is 1200. The number of para-hydroxylation sites is 1. The van der Waals surface area contributed by atoms with Crippen LogP contribution in [0.3, 0.4) is 0 Å². The van der Waals surface area contributed by atoms with E-state index < -0.39 is 0 Å². The number of fused-ring (bicyclic) bond motifs is 4. The fourth-order valence-corrected chi connectivity index (χ4v) is 6.37. The van der Waals surface area contributed by atoms with Crippen LogP contribution in [0.1, 0.15) is 71.2 Å². The minimum absolute atomic E-state index is 0.0759. The molecule has 2 aromatic heterocycles. The summed E-state index contributed by atoms with van der Waals surface area (Å²) < 4.78 is 7.55. The Hall–Kier alpha value is -3.06. The third-order valence-corrected chi connectivity index (χ3v) is 7.82. The number of esters is 1. The number of carbonyl (C=O) groups excluding carboxylic acids is 2. The Kier molecular flexibility index (Phi) is 5.98. The molecule has 3 aromatic rings. The van der Waals surface area contributed by atoms with Crippen LogP contribution < -0.4 is 5.32 Å². The highest BCUT2D eigenvalue weighted by atomic mass is 32.1. The summed E-state index contributed by atoms with van der Waals surface area (Å²) in [5.74, 6) is -0.339. The molecule has 1 N–H and O–H groups in total. The minimum Gasteiger partial charge on any atom is -0.462 e. The van der Waals surface area contributed by atoms with E-state index in [2.05, 4.69) is 41.2 Å². The molecule has 2 aliphatic rings. The van der Waals surface area contributed by atoms with Crippen molar-refractivity contribution >= 4 is 28.3 Å². The first kappa shape index (κ1) is 21.8. The van der Waals surface area contributed by atoms with Gasteiger partial charge in [-0.3, -0.25) is 5.32 Å². The number of aromatic nitrogens is 1. The van der Waals surface area contributed by atoms with Crippen LogP contribution in [0.25, 0.3) is 5.69 Å². The molecule has 33 heavy (non-hydrogen) atoms. The molecule has 0 unspecified atom stereocenters. The summed E-state index contributed by atoms with van der Waals surface area (Å²) in [6, 6.07) is 12.1. The third kappa shape index (κ3) is 3.84. The fraction of sp³-hybridized carbons (Fsp3) is 0.385. The zero-order chi connectivity index (χ0) is 22.9. The summed E-state index contributed by atoms with van der Waals surface area (Å²) in [5, 5.41) is 3.74. The highest BCUT2D eigenvalue weighted by Crippen LogP contribution is 2.40. The summed E-state index contributed by atoms with van der Waals surface area (Å²) in [6.07, 6.45) is 6.83. The highest BCUT2D eigenvalue weighted by molar-refractivity contribution is 7.17. The average molecular weight is 464 g/mol. The summed E-state index contributed by atoms with van der Waals surface area (Å²) >= 11 is 1.53. The van der Waals surface area contributed by atoms with E-state index in [1.165, 1.54) is 16.2 Å². The van der Waals surface area contributed by atoms with E-state index >= 15 is 0 Å². The van der Waals surface area contributed by atoms with E-state index in [1.807, 2.05) is 30.0 Å². The third-order valence-electron chi connectivity index (χ3n) is 6.61. The molecular weight excluding hydrogens is 434 g/mol. The van der Waals surface area contributed by atoms with Crippen LogP contribution in [0.4, 0.5) is 9.80 Å². The lowest BCUT2D eigenvalue weighted by atomic mass is 9.95. The summed E-state index contributed by atoms with van der Waals surface area (Å²) in [5.41, 5.74) is 4.90. The lowest BCUT2D eigenvalue weighted by Gasteiger charge is -2.29. The summed E-state index contributed by atoms with van der Waals surface area (Å²) in [6.45, 7) is 4.73. The standard InChI is InChI=1S/C26H29N3O3S/c1-3-19-21-13-9-15-28(21)20-12-7-5-10-17(20)16-29(19)26(31)27-24-23(25(30)32-4-2)18-11-6-8-14-22(18)33-24/h5,7,9-10,12-13,15,19H,3-4,6,8,11,14,16H2,1-2H3,(H,27,31)/t19-/m1/s1. The van der Waals surface area contributed by atoms with Crippen LogP contribution in [0.15, 0.2) is 42.6 Å². The van der Waals surface area contributed by atoms with Crippen LogP contribution in [0, 0.1) is 0 Å². The molecule has 1 atom stereocenters. The summed E-state index contributed by atoms with van der Waals surface area (Å²) in [7, 11) is 0. The maximum absolute atomic E-state index is 13.7. The van der Waals surface area contributed by atoms with Gasteiger partial charge in [0.25, 0.3) is 0 Å². The van der Waals surface area contributed by atoms with Gasteiger partial charge in [-0.1, -0.05) is 25.1 Å². The predicted molar refractivity (Wildman–Crippen MR) is 130 cm³/mol. The molecule has 0 radical (unpaired) electrons. The number of amides is 2. The van der Waals surface area contributed by atoms with Crippen molar-refractivity contribution in [3.63, 3.8) is 0 Å². The van der Waals surface area contributed by atoms with Gasteiger partial charge in [0, 0.05) is 16.8 Å². The lowest BCUT2D eigenvalue weighted by molar-refractivity contribution is 0.0526. The largest absolute Gasteiger partial charge is 0.462 e. The SMILES string of the molecule is CCOC(=O)c1c(NC(=O)N2Cc3ccccc3-n3cccc3[C@H]2CC)sc2c1CCCC2. The van der Waals surface area contributed by atoms with Crippen LogP contribution >= 0.6 is 11.3 Å². The number of nitrogens with one attached hydrogen (secondary N) is 1. The normalized spacial score (nSPS) is 16.9. The Morgan fingerprint density at radius 2 is 1.94 bits per heavy atom. The van der Waals surface area contributed by atoms with Crippen LogP contribution in [-0.4, -0.2) is 28.1 Å². The number of hydrogen-bond donors (Lipinski definition) is 1. The van der Waals surface area contributed by atoms with E-state index in [0.717, 1.165) is 54.6 Å². The van der Waals surface area contributed by atoms with Gasteiger partial charge in [-0.2, -0.15) is 0 Å². The molecule has 1 aliphatic carbocycles. The first-order chi connectivity index (χ1) is 16.1. The first-order valence-corrected chi connectivity index (χ1v) is 12.6. The maximum atomic E-state index is 13.7. The van der Waals surface area contributed by atoms with Crippen molar-refractivity contribution < 1.29 is 14.3 Å². The molecule has 6 nitrogen and oxygen atoms in total. The number of ether oxygens (including phenoxy) is 1. The quantitative estimate of drug-likeness (QED) is 0.476. The number of urea groups is 1. The van der Waals surface area contributed by atoms with Crippen molar-refractivity contribution in [3.05, 3.63) is 69.9 Å². The number of thiophene rings is 1. The fourth-order valence-electron chi connectivity index (χ4n) is 5.10. The van der Waals surface area contributed by atoms with Crippen LogP contribution in [0.5, 0.6) is 0 Å². The number of benzene rings is 1. The van der Waals surface area contributed by atoms with Gasteiger partial charge < -0.3 is 14.2 Å². The molecule has 5 rings (SSSR count). The Morgan fingerprint density at radius 1 is 1.12 bits per heavy atom. The highest BCUT2D eigenvalue weighted by Gasteiger charge is 2.33. The van der Waals surface area contributed by atoms with Crippen molar-refractivity contribution in [2.45, 2.75) is 58.5 Å². The Morgan fingerprint density at radius 3 is 2.76 bits per heavy atom. The summed E-state index contributed by atoms with van der Waals surface area (Å²) in [4.78, 5) is 29.7. The second kappa shape index (κ2) is 9.06. The van der Waals surface area contributed by atoms with Gasteiger partial charge in [0.15, 0.2) is 0 Å². The van der Waals surface area contributed by atoms with E-state index in [0.29, 0.717) is 23.7 Å². The van der Waals surface area contributed by atoms with Crippen molar-refractivity contribution in [3.8, 4) is 5.69 Å². The molecule has 2 amide bonds. The molecule has 1 aromatic carbocycles. The molecule has 0 bridgehead atoms. The molecule has 172 valence electrons. The van der Waals surface area contributed by atoms with Crippen molar-refractivity contribution in [1.29, 1.82) is 0 Å². The van der Waals surface area contributed by atoms with Gasteiger partial charge in [0.05, 0.1) is 30.4 Å². The number of rotatable bonds is 4. The van der Waals surface area contributed by atoms with Gasteiger partial charge in [-0.05, 0) is 68.4 Å². The second-order valence-corrected chi connectivity index (χ2v) is 9.65. The smallest absolute Gasteiger partial charge is 0.341 e. The average Bonchev–Trinajstić information content (AvgIpc) is 3.41. The predicted octanol–water partition coefficient (Wildman–Crippen LogP) is 6.09. The molecule has 1 aliphatic heterocycles. The van der Waals surface area contributed by atoms with E-state index in [-0.39, 0.29) is 18.0 Å². The maximum Gasteiger partial charge on any atom is 0.341 e.